The van der Waals surface area contributed by atoms with Crippen molar-refractivity contribution in [2.24, 2.45) is 5.73 Å². The number of fused-ring (bicyclic) bond motifs is 1. The minimum atomic E-state index is -0.534. The molecule has 0 aliphatic rings. The number of aryl methyl sites for hydroxylation is 1. The van der Waals surface area contributed by atoms with E-state index < -0.39 is 6.04 Å². The van der Waals surface area contributed by atoms with Gasteiger partial charge in [-0.3, -0.25) is 4.79 Å². The molecule has 1 unspecified atom stereocenters. The lowest BCUT2D eigenvalue weighted by atomic mass is 10.1. The average molecular weight is 219 g/mol. The van der Waals surface area contributed by atoms with Crippen LogP contribution in [0.4, 0.5) is 0 Å². The fraction of sp³-hybridized carbons (Fsp3) is 0.400. The lowest BCUT2D eigenvalue weighted by Gasteiger charge is -2.02. The van der Waals surface area contributed by atoms with Gasteiger partial charge in [0, 0.05) is 18.8 Å². The van der Waals surface area contributed by atoms with Crippen molar-refractivity contribution in [2.75, 3.05) is 0 Å². The van der Waals surface area contributed by atoms with Crippen LogP contribution in [-0.2, 0) is 6.42 Å². The Labute approximate surface area is 92.5 Å². The van der Waals surface area contributed by atoms with Crippen LogP contribution in [0.3, 0.4) is 0 Å². The minimum Gasteiger partial charge on any atom is -0.321 e. The maximum absolute atomic E-state index is 11.6. The molecule has 0 saturated carbocycles. The zero-order valence-electron chi connectivity index (χ0n) is 9.21. The molecule has 6 heteroatoms. The number of hydrogen-bond acceptors (Lipinski definition) is 5. The van der Waals surface area contributed by atoms with Gasteiger partial charge in [0.2, 0.25) is 0 Å². The van der Waals surface area contributed by atoms with Gasteiger partial charge in [0.1, 0.15) is 0 Å². The molecule has 0 amide bonds. The van der Waals surface area contributed by atoms with Crippen LogP contribution in [0.2, 0.25) is 0 Å². The normalized spacial score (nSPS) is 12.9. The van der Waals surface area contributed by atoms with E-state index in [4.69, 9.17) is 5.73 Å². The molecule has 1 atom stereocenters. The summed E-state index contributed by atoms with van der Waals surface area (Å²) in [7, 11) is 0. The standard InChI is InChI=1S/C10H13N5O/c1-3-8-13-10-12-4-7(5-15(10)14-8)9(16)6(2)11/h4-6H,3,11H2,1-2H3. The summed E-state index contributed by atoms with van der Waals surface area (Å²) in [6.07, 6.45) is 3.83. The molecule has 2 aromatic heterocycles. The first-order valence-electron chi connectivity index (χ1n) is 5.13. The first kappa shape index (κ1) is 10.7. The molecule has 2 N–H and O–H groups in total. The van der Waals surface area contributed by atoms with Crippen LogP contribution in [-0.4, -0.2) is 31.4 Å². The number of nitrogens with two attached hydrogens (primary N) is 1. The van der Waals surface area contributed by atoms with Crippen molar-refractivity contribution in [2.45, 2.75) is 26.3 Å². The Bertz CT molecular complexity index is 531. The van der Waals surface area contributed by atoms with Crippen molar-refractivity contribution in [3.05, 3.63) is 23.8 Å². The van der Waals surface area contributed by atoms with E-state index in [1.807, 2.05) is 6.92 Å². The van der Waals surface area contributed by atoms with Gasteiger partial charge in [-0.05, 0) is 6.92 Å². The predicted octanol–water partition coefficient (Wildman–Crippen LogP) is 0.217. The molecule has 0 spiro atoms. The van der Waals surface area contributed by atoms with Gasteiger partial charge >= 0.3 is 0 Å². The number of carbonyl (C=O) groups is 1. The first-order chi connectivity index (χ1) is 7.61. The molecule has 0 aromatic carbocycles. The summed E-state index contributed by atoms with van der Waals surface area (Å²) in [5.74, 6) is 1.05. The molecule has 6 nitrogen and oxygen atoms in total. The van der Waals surface area contributed by atoms with Crippen LogP contribution >= 0.6 is 0 Å². The van der Waals surface area contributed by atoms with Gasteiger partial charge in [-0.1, -0.05) is 6.92 Å². The third kappa shape index (κ3) is 1.79. The van der Waals surface area contributed by atoms with Crippen molar-refractivity contribution in [3.8, 4) is 0 Å². The van der Waals surface area contributed by atoms with Gasteiger partial charge in [0.05, 0.1) is 11.6 Å². The molecule has 0 saturated heterocycles. The van der Waals surface area contributed by atoms with E-state index in [1.165, 1.54) is 10.7 Å². The smallest absolute Gasteiger partial charge is 0.252 e. The molecule has 2 rings (SSSR count). The number of rotatable bonds is 3. The zero-order chi connectivity index (χ0) is 11.7. The fourth-order valence-corrected chi connectivity index (χ4v) is 1.36. The lowest BCUT2D eigenvalue weighted by Crippen LogP contribution is -2.27. The Hall–Kier alpha value is -1.82. The van der Waals surface area contributed by atoms with Crippen LogP contribution in [0.5, 0.6) is 0 Å². The summed E-state index contributed by atoms with van der Waals surface area (Å²) >= 11 is 0. The van der Waals surface area contributed by atoms with E-state index >= 15 is 0 Å². The number of carbonyl (C=O) groups excluding carboxylic acids is 1. The Balaban J connectivity index is 2.47. The van der Waals surface area contributed by atoms with Gasteiger partial charge < -0.3 is 5.73 Å². The second kappa shape index (κ2) is 3.97. The molecular formula is C10H13N5O. The van der Waals surface area contributed by atoms with Gasteiger partial charge in [-0.25, -0.2) is 9.50 Å². The Morgan fingerprint density at radius 3 is 3.00 bits per heavy atom. The van der Waals surface area contributed by atoms with E-state index in [9.17, 15) is 4.79 Å². The molecule has 0 aliphatic heterocycles. The van der Waals surface area contributed by atoms with Crippen LogP contribution in [0.15, 0.2) is 12.4 Å². The summed E-state index contributed by atoms with van der Waals surface area (Å²) in [4.78, 5) is 19.9. The molecule has 0 fully saturated rings. The number of hydrogen-bond donors (Lipinski definition) is 1. The number of aromatic nitrogens is 4. The van der Waals surface area contributed by atoms with E-state index in [0.29, 0.717) is 17.2 Å². The molecule has 84 valence electrons. The molecule has 0 aliphatic carbocycles. The maximum atomic E-state index is 11.6. The second-order valence-corrected chi connectivity index (χ2v) is 3.62. The van der Waals surface area contributed by atoms with Crippen LogP contribution < -0.4 is 5.73 Å². The SMILES string of the molecule is CCc1nc2ncc(C(=O)C(C)N)cn2n1. The zero-order valence-corrected chi connectivity index (χ0v) is 9.21. The van der Waals surface area contributed by atoms with Gasteiger partial charge in [0.15, 0.2) is 11.6 Å². The molecule has 2 aromatic rings. The summed E-state index contributed by atoms with van der Waals surface area (Å²) in [5, 5.41) is 4.18. The molecule has 0 bridgehead atoms. The van der Waals surface area contributed by atoms with Crippen molar-refractivity contribution in [1.29, 1.82) is 0 Å². The summed E-state index contributed by atoms with van der Waals surface area (Å²) < 4.78 is 1.51. The summed E-state index contributed by atoms with van der Waals surface area (Å²) in [6.45, 7) is 3.61. The molecule has 2 heterocycles. The van der Waals surface area contributed by atoms with Crippen molar-refractivity contribution in [1.82, 2.24) is 19.6 Å². The van der Waals surface area contributed by atoms with E-state index in [-0.39, 0.29) is 5.78 Å². The van der Waals surface area contributed by atoms with Gasteiger partial charge in [-0.15, -0.1) is 5.10 Å². The molecule has 0 radical (unpaired) electrons. The minimum absolute atomic E-state index is 0.150. The number of ketones is 1. The van der Waals surface area contributed by atoms with Crippen LogP contribution in [0, 0.1) is 0 Å². The van der Waals surface area contributed by atoms with Crippen LogP contribution in [0.25, 0.3) is 5.78 Å². The highest BCUT2D eigenvalue weighted by Crippen LogP contribution is 2.04. The topological polar surface area (TPSA) is 86.2 Å². The maximum Gasteiger partial charge on any atom is 0.252 e. The average Bonchev–Trinajstić information content (AvgIpc) is 2.69. The predicted molar refractivity (Wildman–Crippen MR) is 58.1 cm³/mol. The van der Waals surface area contributed by atoms with Crippen molar-refractivity contribution in [3.63, 3.8) is 0 Å². The van der Waals surface area contributed by atoms with Crippen LogP contribution in [0.1, 0.15) is 30.0 Å². The Morgan fingerprint density at radius 2 is 2.38 bits per heavy atom. The Kier molecular flexibility index (Phi) is 2.66. The van der Waals surface area contributed by atoms with E-state index in [2.05, 4.69) is 15.1 Å². The quantitative estimate of drug-likeness (QED) is 0.746. The van der Waals surface area contributed by atoms with Gasteiger partial charge in [0.25, 0.3) is 5.78 Å². The highest BCUT2D eigenvalue weighted by molar-refractivity contribution is 5.99. The lowest BCUT2D eigenvalue weighted by molar-refractivity contribution is 0.0967. The monoisotopic (exact) mass is 219 g/mol. The largest absolute Gasteiger partial charge is 0.321 e. The Morgan fingerprint density at radius 1 is 1.62 bits per heavy atom. The summed E-state index contributed by atoms with van der Waals surface area (Å²) in [6, 6.07) is -0.534. The number of Topliss-reactive ketones (excluding diaryl/α,β-unsaturated/α-hetero) is 1. The second-order valence-electron chi connectivity index (χ2n) is 3.62. The highest BCUT2D eigenvalue weighted by Gasteiger charge is 2.13. The summed E-state index contributed by atoms with van der Waals surface area (Å²) in [5.41, 5.74) is 5.97. The first-order valence-corrected chi connectivity index (χ1v) is 5.13. The molecule has 16 heavy (non-hydrogen) atoms. The number of nitrogens with zero attached hydrogens (tertiary/aromatic N) is 4. The van der Waals surface area contributed by atoms with E-state index in [1.54, 1.807) is 13.1 Å². The highest BCUT2D eigenvalue weighted by atomic mass is 16.1. The molecular weight excluding hydrogens is 206 g/mol. The third-order valence-corrected chi connectivity index (χ3v) is 2.25. The fourth-order valence-electron chi connectivity index (χ4n) is 1.36. The third-order valence-electron chi connectivity index (χ3n) is 2.25. The van der Waals surface area contributed by atoms with E-state index in [0.717, 1.165) is 6.42 Å². The van der Waals surface area contributed by atoms with Crippen molar-refractivity contribution >= 4 is 11.6 Å². The van der Waals surface area contributed by atoms with Crippen molar-refractivity contribution < 1.29 is 4.79 Å². The van der Waals surface area contributed by atoms with Gasteiger partial charge in [-0.2, -0.15) is 4.98 Å².